The summed E-state index contributed by atoms with van der Waals surface area (Å²) in [5.74, 6) is 0.594. The summed E-state index contributed by atoms with van der Waals surface area (Å²) >= 11 is 0. The van der Waals surface area contributed by atoms with E-state index in [1.165, 1.54) is 5.69 Å². The maximum Gasteiger partial charge on any atom is 0.239 e. The number of amides is 1. The second kappa shape index (κ2) is 11.2. The number of nitrogens with zero attached hydrogens (tertiary/aromatic N) is 2. The minimum atomic E-state index is -0.237. The Labute approximate surface area is 179 Å². The van der Waals surface area contributed by atoms with Crippen LogP contribution in [0.3, 0.4) is 0 Å². The van der Waals surface area contributed by atoms with Gasteiger partial charge in [-0.2, -0.15) is 0 Å². The molecule has 0 radical (unpaired) electrons. The number of halogens is 1. The molecule has 0 bridgehead atoms. The fourth-order valence-electron chi connectivity index (χ4n) is 2.68. The number of hydrogen-bond donors (Lipinski definition) is 3. The molecule has 1 aromatic carbocycles. The molecule has 0 saturated carbocycles. The van der Waals surface area contributed by atoms with Crippen molar-refractivity contribution in [1.82, 2.24) is 16.0 Å². The number of aliphatic imine (C=N–C) groups is 1. The number of anilines is 1. The van der Waals surface area contributed by atoms with Gasteiger partial charge in [0.15, 0.2) is 5.96 Å². The zero-order valence-corrected chi connectivity index (χ0v) is 19.0. The summed E-state index contributed by atoms with van der Waals surface area (Å²) in [4.78, 5) is 18.9. The van der Waals surface area contributed by atoms with Gasteiger partial charge in [0.05, 0.1) is 13.1 Å². The van der Waals surface area contributed by atoms with Gasteiger partial charge in [0.1, 0.15) is 0 Å². The molecule has 6 nitrogen and oxygen atoms in total. The highest BCUT2D eigenvalue weighted by Gasteiger charge is 2.13. The molecule has 7 heteroatoms. The van der Waals surface area contributed by atoms with Gasteiger partial charge < -0.3 is 20.9 Å². The van der Waals surface area contributed by atoms with E-state index in [2.05, 4.69) is 62.3 Å². The minimum absolute atomic E-state index is 0. The van der Waals surface area contributed by atoms with Crippen LogP contribution in [-0.4, -0.2) is 43.6 Å². The molecule has 2 rings (SSSR count). The lowest BCUT2D eigenvalue weighted by Crippen LogP contribution is -2.48. The third-order valence-electron chi connectivity index (χ3n) is 3.79. The van der Waals surface area contributed by atoms with Crippen LogP contribution in [0.25, 0.3) is 0 Å². The fourth-order valence-corrected chi connectivity index (χ4v) is 2.68. The standard InChI is InChI=1S/C20H31N5O.HI/c1-5-21-19(23-15-18(26)24-20(2,3)4)22-14-16-9-8-10-17(13-16)25-11-6-7-12-25;/h6-10,13H,5,11-12,14-15H2,1-4H3,(H,24,26)(H2,21,22,23);1H. The number of rotatable bonds is 6. The van der Waals surface area contributed by atoms with Gasteiger partial charge in [0.2, 0.25) is 5.91 Å². The molecule has 0 spiro atoms. The first kappa shape index (κ1) is 23.3. The van der Waals surface area contributed by atoms with Gasteiger partial charge in [-0.15, -0.1) is 24.0 Å². The molecule has 0 aromatic heterocycles. The largest absolute Gasteiger partial charge is 0.364 e. The maximum absolute atomic E-state index is 12.0. The Hall–Kier alpha value is -1.77. The van der Waals surface area contributed by atoms with Crippen LogP contribution in [0.15, 0.2) is 41.4 Å². The van der Waals surface area contributed by atoms with Crippen molar-refractivity contribution in [3.63, 3.8) is 0 Å². The Bertz CT molecular complexity index is 659. The van der Waals surface area contributed by atoms with Crippen LogP contribution >= 0.6 is 24.0 Å². The highest BCUT2D eigenvalue weighted by Crippen LogP contribution is 2.18. The van der Waals surface area contributed by atoms with Crippen molar-refractivity contribution in [2.45, 2.75) is 39.8 Å². The van der Waals surface area contributed by atoms with Crippen molar-refractivity contribution in [1.29, 1.82) is 0 Å². The van der Waals surface area contributed by atoms with Crippen LogP contribution < -0.4 is 20.9 Å². The smallest absolute Gasteiger partial charge is 0.239 e. The summed E-state index contributed by atoms with van der Waals surface area (Å²) in [5, 5.41) is 9.20. The number of carbonyl (C=O) groups excluding carboxylic acids is 1. The van der Waals surface area contributed by atoms with Crippen molar-refractivity contribution in [3.8, 4) is 0 Å². The quantitative estimate of drug-likeness (QED) is 0.251. The molecule has 27 heavy (non-hydrogen) atoms. The first-order valence-corrected chi connectivity index (χ1v) is 9.19. The Morgan fingerprint density at radius 2 is 1.89 bits per heavy atom. The van der Waals surface area contributed by atoms with E-state index >= 15 is 0 Å². The second-order valence-electron chi connectivity index (χ2n) is 7.39. The van der Waals surface area contributed by atoms with E-state index < -0.39 is 0 Å². The van der Waals surface area contributed by atoms with Crippen LogP contribution in [0.5, 0.6) is 0 Å². The van der Waals surface area contributed by atoms with Gasteiger partial charge in [-0.1, -0.05) is 24.3 Å². The van der Waals surface area contributed by atoms with Crippen LogP contribution in [0.1, 0.15) is 33.3 Å². The van der Waals surface area contributed by atoms with E-state index in [-0.39, 0.29) is 42.0 Å². The predicted molar refractivity (Wildman–Crippen MR) is 124 cm³/mol. The summed E-state index contributed by atoms with van der Waals surface area (Å²) in [5.41, 5.74) is 2.12. The Morgan fingerprint density at radius 3 is 2.52 bits per heavy atom. The zero-order valence-electron chi connectivity index (χ0n) is 16.7. The molecule has 0 unspecified atom stereocenters. The van der Waals surface area contributed by atoms with Gasteiger partial charge in [-0.3, -0.25) is 4.79 Å². The van der Waals surface area contributed by atoms with E-state index in [4.69, 9.17) is 0 Å². The molecular formula is C20H32IN5O. The molecular weight excluding hydrogens is 453 g/mol. The first-order chi connectivity index (χ1) is 12.4. The second-order valence-corrected chi connectivity index (χ2v) is 7.39. The molecule has 3 N–H and O–H groups in total. The summed E-state index contributed by atoms with van der Waals surface area (Å²) in [6, 6.07) is 8.44. The third kappa shape index (κ3) is 8.64. The van der Waals surface area contributed by atoms with Crippen molar-refractivity contribution in [2.75, 3.05) is 31.1 Å². The maximum atomic E-state index is 12.0. The van der Waals surface area contributed by atoms with Gasteiger partial charge in [0.25, 0.3) is 0 Å². The third-order valence-corrected chi connectivity index (χ3v) is 3.79. The molecule has 0 saturated heterocycles. The molecule has 1 aliphatic heterocycles. The average molecular weight is 485 g/mol. The van der Waals surface area contributed by atoms with Crippen LogP contribution in [0, 0.1) is 0 Å². The summed E-state index contributed by atoms with van der Waals surface area (Å²) in [6.07, 6.45) is 4.36. The molecule has 0 fully saturated rings. The molecule has 0 aliphatic carbocycles. The summed E-state index contributed by atoms with van der Waals surface area (Å²) < 4.78 is 0. The van der Waals surface area contributed by atoms with Crippen molar-refractivity contribution >= 4 is 41.5 Å². The van der Waals surface area contributed by atoms with Crippen LogP contribution in [-0.2, 0) is 11.3 Å². The Kier molecular flexibility index (Phi) is 9.62. The predicted octanol–water partition coefficient (Wildman–Crippen LogP) is 2.65. The topological polar surface area (TPSA) is 68.8 Å². The lowest BCUT2D eigenvalue weighted by atomic mass is 10.1. The zero-order chi connectivity index (χ0) is 19.0. The van der Waals surface area contributed by atoms with Gasteiger partial charge >= 0.3 is 0 Å². The van der Waals surface area contributed by atoms with Crippen molar-refractivity contribution < 1.29 is 4.79 Å². The van der Waals surface area contributed by atoms with E-state index in [1.54, 1.807) is 0 Å². The number of hydrogen-bond acceptors (Lipinski definition) is 3. The molecule has 1 heterocycles. The Morgan fingerprint density at radius 1 is 1.19 bits per heavy atom. The number of benzene rings is 1. The first-order valence-electron chi connectivity index (χ1n) is 9.19. The van der Waals surface area contributed by atoms with E-state index in [0.717, 1.165) is 25.2 Å². The lowest BCUT2D eigenvalue weighted by Gasteiger charge is -2.21. The minimum Gasteiger partial charge on any atom is -0.364 e. The normalized spacial score (nSPS) is 13.9. The highest BCUT2D eigenvalue weighted by molar-refractivity contribution is 14.0. The van der Waals surface area contributed by atoms with E-state index in [0.29, 0.717) is 12.5 Å². The number of carbonyl (C=O) groups is 1. The van der Waals surface area contributed by atoms with Gasteiger partial charge in [0, 0.05) is 30.9 Å². The summed E-state index contributed by atoms with van der Waals surface area (Å²) in [6.45, 7) is 11.3. The monoisotopic (exact) mass is 485 g/mol. The summed E-state index contributed by atoms with van der Waals surface area (Å²) in [7, 11) is 0. The highest BCUT2D eigenvalue weighted by atomic mass is 127. The van der Waals surface area contributed by atoms with Gasteiger partial charge in [-0.25, -0.2) is 4.99 Å². The SMILES string of the molecule is CCNC(=NCc1cccc(N2CC=CC2)c1)NCC(=O)NC(C)(C)C.I. The molecule has 150 valence electrons. The van der Waals surface area contributed by atoms with E-state index in [1.807, 2.05) is 27.7 Å². The van der Waals surface area contributed by atoms with Crippen LogP contribution in [0.4, 0.5) is 5.69 Å². The van der Waals surface area contributed by atoms with E-state index in [9.17, 15) is 4.79 Å². The fraction of sp³-hybridized carbons (Fsp3) is 0.500. The molecule has 1 aliphatic rings. The average Bonchev–Trinajstić information content (AvgIpc) is 3.11. The number of guanidine groups is 1. The van der Waals surface area contributed by atoms with Crippen molar-refractivity contribution in [3.05, 3.63) is 42.0 Å². The molecule has 1 aromatic rings. The van der Waals surface area contributed by atoms with Crippen molar-refractivity contribution in [2.24, 2.45) is 4.99 Å². The number of nitrogens with one attached hydrogen (secondary N) is 3. The lowest BCUT2D eigenvalue weighted by molar-refractivity contribution is -0.121. The molecule has 1 amide bonds. The molecule has 0 atom stereocenters. The Balaban J connectivity index is 0.00000364. The van der Waals surface area contributed by atoms with Crippen LogP contribution in [0.2, 0.25) is 0 Å². The van der Waals surface area contributed by atoms with Gasteiger partial charge in [-0.05, 0) is 45.4 Å².